The molecule has 0 bridgehead atoms. The number of hydrogen-bond donors (Lipinski definition) is 2. The monoisotopic (exact) mass is 277 g/mol. The summed E-state index contributed by atoms with van der Waals surface area (Å²) >= 11 is 0. The molecule has 0 amide bonds. The molecule has 0 saturated heterocycles. The Labute approximate surface area is 117 Å². The van der Waals surface area contributed by atoms with Gasteiger partial charge < -0.3 is 24.6 Å². The fourth-order valence-corrected chi connectivity index (χ4v) is 1.72. The van der Waals surface area contributed by atoms with Crippen LogP contribution in [0.15, 0.2) is 0 Å². The lowest BCUT2D eigenvalue weighted by Gasteiger charge is -2.17. The molecule has 0 radical (unpaired) electrons. The molecule has 0 aromatic heterocycles. The fraction of sp³-hybridized carbons (Fsp3) is 1.00. The molecule has 0 spiro atoms. The summed E-state index contributed by atoms with van der Waals surface area (Å²) in [5.74, 6) is 0. The third-order valence-corrected chi connectivity index (χ3v) is 2.89. The minimum absolute atomic E-state index is 0.0205. The van der Waals surface area contributed by atoms with Crippen LogP contribution in [0.2, 0.25) is 0 Å². The molecule has 0 aliphatic heterocycles. The number of rotatable bonds is 14. The molecule has 0 fully saturated rings. The van der Waals surface area contributed by atoms with Crippen molar-refractivity contribution in [3.8, 4) is 0 Å². The zero-order chi connectivity index (χ0) is 14.3. The van der Waals surface area contributed by atoms with Gasteiger partial charge in [0.1, 0.15) is 0 Å². The van der Waals surface area contributed by atoms with Crippen molar-refractivity contribution < 1.29 is 19.3 Å². The maximum absolute atomic E-state index is 9.71. The normalized spacial score (nSPS) is 14.5. The molecule has 0 aromatic carbocycles. The third-order valence-electron chi connectivity index (χ3n) is 2.89. The summed E-state index contributed by atoms with van der Waals surface area (Å²) in [6.45, 7) is 5.04. The quantitative estimate of drug-likeness (QED) is 0.467. The second-order valence-corrected chi connectivity index (χ2v) is 4.76. The van der Waals surface area contributed by atoms with E-state index in [1.807, 2.05) is 0 Å². The molecule has 116 valence electrons. The maximum atomic E-state index is 9.71. The molecule has 0 heterocycles. The van der Waals surface area contributed by atoms with Gasteiger partial charge in [0.05, 0.1) is 25.4 Å². The lowest BCUT2D eigenvalue weighted by Crippen LogP contribution is -2.37. The van der Waals surface area contributed by atoms with E-state index in [9.17, 15) is 5.11 Å². The van der Waals surface area contributed by atoms with Crippen molar-refractivity contribution in [1.82, 2.24) is 5.32 Å². The predicted octanol–water partition coefficient (Wildman–Crippen LogP) is 1.20. The standard InChI is InChI=1S/C14H31NO4/c1-4-5-6-7-8-19-11-13(16)9-15-10-14(18-3)12-17-2/h13-16H,4-12H2,1-3H3. The average Bonchev–Trinajstić information content (AvgIpc) is 2.41. The summed E-state index contributed by atoms with van der Waals surface area (Å²) in [5.41, 5.74) is 0. The summed E-state index contributed by atoms with van der Waals surface area (Å²) in [6.07, 6.45) is 4.32. The van der Waals surface area contributed by atoms with Crippen LogP contribution in [0, 0.1) is 0 Å². The summed E-state index contributed by atoms with van der Waals surface area (Å²) in [7, 11) is 3.30. The summed E-state index contributed by atoms with van der Waals surface area (Å²) < 4.78 is 15.6. The van der Waals surface area contributed by atoms with E-state index >= 15 is 0 Å². The minimum Gasteiger partial charge on any atom is -0.389 e. The van der Waals surface area contributed by atoms with Gasteiger partial charge in [0.25, 0.3) is 0 Å². The molecule has 0 aliphatic rings. The van der Waals surface area contributed by atoms with Gasteiger partial charge in [-0.1, -0.05) is 26.2 Å². The van der Waals surface area contributed by atoms with E-state index in [-0.39, 0.29) is 6.10 Å². The van der Waals surface area contributed by atoms with Crippen LogP contribution in [0.25, 0.3) is 0 Å². The zero-order valence-corrected chi connectivity index (χ0v) is 12.7. The van der Waals surface area contributed by atoms with Crippen molar-refractivity contribution in [2.75, 3.05) is 47.1 Å². The van der Waals surface area contributed by atoms with Gasteiger partial charge in [-0.05, 0) is 6.42 Å². The largest absolute Gasteiger partial charge is 0.389 e. The summed E-state index contributed by atoms with van der Waals surface area (Å²) in [6, 6.07) is 0. The van der Waals surface area contributed by atoms with Gasteiger partial charge >= 0.3 is 0 Å². The molecular formula is C14H31NO4. The minimum atomic E-state index is -0.466. The van der Waals surface area contributed by atoms with Gasteiger partial charge in [-0.3, -0.25) is 0 Å². The third kappa shape index (κ3) is 12.6. The topological polar surface area (TPSA) is 60.0 Å². The first kappa shape index (κ1) is 18.8. The number of aliphatic hydroxyl groups is 1. The van der Waals surface area contributed by atoms with E-state index in [0.29, 0.717) is 26.3 Å². The number of methoxy groups -OCH3 is 2. The van der Waals surface area contributed by atoms with E-state index in [4.69, 9.17) is 14.2 Å². The van der Waals surface area contributed by atoms with E-state index in [0.717, 1.165) is 13.0 Å². The molecule has 5 heteroatoms. The molecule has 0 rings (SSSR count). The van der Waals surface area contributed by atoms with Gasteiger partial charge in [-0.15, -0.1) is 0 Å². The SMILES string of the molecule is CCCCCCOCC(O)CNCC(COC)OC. The van der Waals surface area contributed by atoms with Crippen LogP contribution in [0.1, 0.15) is 32.6 Å². The van der Waals surface area contributed by atoms with E-state index in [1.54, 1.807) is 14.2 Å². The smallest absolute Gasteiger partial charge is 0.0928 e. The van der Waals surface area contributed by atoms with Crippen LogP contribution in [-0.2, 0) is 14.2 Å². The molecule has 0 aromatic rings. The van der Waals surface area contributed by atoms with Crippen molar-refractivity contribution in [2.45, 2.75) is 44.8 Å². The van der Waals surface area contributed by atoms with Crippen molar-refractivity contribution in [3.63, 3.8) is 0 Å². The average molecular weight is 277 g/mol. The van der Waals surface area contributed by atoms with Crippen molar-refractivity contribution in [2.24, 2.45) is 0 Å². The van der Waals surface area contributed by atoms with Crippen molar-refractivity contribution in [3.05, 3.63) is 0 Å². The number of ether oxygens (including phenoxy) is 3. The van der Waals surface area contributed by atoms with Gasteiger partial charge in [0.2, 0.25) is 0 Å². The van der Waals surface area contributed by atoms with E-state index < -0.39 is 6.10 Å². The molecule has 0 saturated carbocycles. The van der Waals surface area contributed by atoms with Gasteiger partial charge in [0, 0.05) is 33.9 Å². The van der Waals surface area contributed by atoms with Gasteiger partial charge in [0.15, 0.2) is 0 Å². The van der Waals surface area contributed by atoms with Crippen LogP contribution in [-0.4, -0.2) is 64.4 Å². The first-order valence-electron chi connectivity index (χ1n) is 7.22. The highest BCUT2D eigenvalue weighted by Gasteiger charge is 2.08. The van der Waals surface area contributed by atoms with Crippen LogP contribution in [0.3, 0.4) is 0 Å². The first-order valence-corrected chi connectivity index (χ1v) is 7.22. The van der Waals surface area contributed by atoms with E-state index in [2.05, 4.69) is 12.2 Å². The molecule has 19 heavy (non-hydrogen) atoms. The summed E-state index contributed by atoms with van der Waals surface area (Å²) in [4.78, 5) is 0. The first-order chi connectivity index (χ1) is 9.24. The van der Waals surface area contributed by atoms with Crippen LogP contribution >= 0.6 is 0 Å². The van der Waals surface area contributed by atoms with Crippen molar-refractivity contribution in [1.29, 1.82) is 0 Å². The molecule has 5 nitrogen and oxygen atoms in total. The van der Waals surface area contributed by atoms with Gasteiger partial charge in [-0.2, -0.15) is 0 Å². The van der Waals surface area contributed by atoms with Crippen molar-refractivity contribution >= 4 is 0 Å². The number of nitrogens with one attached hydrogen (secondary N) is 1. The Morgan fingerprint density at radius 3 is 2.47 bits per heavy atom. The second kappa shape index (κ2) is 14.2. The predicted molar refractivity (Wildman–Crippen MR) is 76.5 cm³/mol. The highest BCUT2D eigenvalue weighted by Crippen LogP contribution is 1.99. The molecule has 2 unspecified atom stereocenters. The summed E-state index contributed by atoms with van der Waals surface area (Å²) in [5, 5.41) is 12.9. The number of unbranched alkanes of at least 4 members (excludes halogenated alkanes) is 3. The lowest BCUT2D eigenvalue weighted by molar-refractivity contribution is 0.0177. The Hall–Kier alpha value is -0.200. The second-order valence-electron chi connectivity index (χ2n) is 4.76. The van der Waals surface area contributed by atoms with Crippen LogP contribution < -0.4 is 5.32 Å². The molecular weight excluding hydrogens is 246 g/mol. The zero-order valence-electron chi connectivity index (χ0n) is 12.7. The highest BCUT2D eigenvalue weighted by atomic mass is 16.5. The van der Waals surface area contributed by atoms with Gasteiger partial charge in [-0.25, -0.2) is 0 Å². The maximum Gasteiger partial charge on any atom is 0.0928 e. The van der Waals surface area contributed by atoms with Crippen LogP contribution in [0.4, 0.5) is 0 Å². The Morgan fingerprint density at radius 2 is 1.84 bits per heavy atom. The Balaban J connectivity index is 3.35. The molecule has 0 aliphatic carbocycles. The molecule has 2 N–H and O–H groups in total. The Kier molecular flexibility index (Phi) is 14.1. The number of aliphatic hydroxyl groups excluding tert-OH is 1. The number of hydrogen-bond acceptors (Lipinski definition) is 5. The Morgan fingerprint density at radius 1 is 1.05 bits per heavy atom. The highest BCUT2D eigenvalue weighted by molar-refractivity contribution is 4.64. The lowest BCUT2D eigenvalue weighted by atomic mass is 10.2. The van der Waals surface area contributed by atoms with Crippen LogP contribution in [0.5, 0.6) is 0 Å². The molecule has 2 atom stereocenters. The van der Waals surface area contributed by atoms with E-state index in [1.165, 1.54) is 19.3 Å². The fourth-order valence-electron chi connectivity index (χ4n) is 1.72. The Bertz CT molecular complexity index is 181.